The number of nitrogens with two attached hydrogens (primary N) is 1. The van der Waals surface area contributed by atoms with E-state index in [4.69, 9.17) is 5.73 Å². The van der Waals surface area contributed by atoms with Crippen molar-refractivity contribution in [3.05, 3.63) is 0 Å². The average Bonchev–Trinajstić information content (AvgIpc) is 2.17. The van der Waals surface area contributed by atoms with Crippen LogP contribution >= 0.6 is 0 Å². The highest BCUT2D eigenvalue weighted by atomic mass is 15.2. The molecule has 0 aromatic rings. The predicted molar refractivity (Wildman–Crippen MR) is 57.8 cm³/mol. The molecule has 13 heavy (non-hydrogen) atoms. The highest BCUT2D eigenvalue weighted by Gasteiger charge is 2.30. The summed E-state index contributed by atoms with van der Waals surface area (Å²) >= 11 is 0. The van der Waals surface area contributed by atoms with Gasteiger partial charge in [0.05, 0.1) is 0 Å². The highest BCUT2D eigenvalue weighted by Crippen LogP contribution is 2.26. The third kappa shape index (κ3) is 2.44. The minimum atomic E-state index is 0.387. The first kappa shape index (κ1) is 11.0. The Balaban J connectivity index is 2.57. The molecule has 1 rings (SSSR count). The summed E-state index contributed by atoms with van der Waals surface area (Å²) in [6.07, 6.45) is 4.95. The van der Waals surface area contributed by atoms with E-state index >= 15 is 0 Å². The van der Waals surface area contributed by atoms with Gasteiger partial charge < -0.3 is 5.73 Å². The van der Waals surface area contributed by atoms with Gasteiger partial charge in [-0.2, -0.15) is 0 Å². The second-order valence-corrected chi connectivity index (χ2v) is 4.55. The summed E-state index contributed by atoms with van der Waals surface area (Å²) < 4.78 is 0. The highest BCUT2D eigenvalue weighted by molar-refractivity contribution is 4.88. The summed E-state index contributed by atoms with van der Waals surface area (Å²) in [6.45, 7) is 9.27. The van der Waals surface area contributed by atoms with E-state index in [0.717, 1.165) is 6.54 Å². The Morgan fingerprint density at radius 1 is 1.38 bits per heavy atom. The molecule has 1 heterocycles. The fraction of sp³-hybridized carbons (Fsp3) is 1.00. The van der Waals surface area contributed by atoms with Gasteiger partial charge in [-0.15, -0.1) is 0 Å². The van der Waals surface area contributed by atoms with Crippen molar-refractivity contribution in [2.45, 2.75) is 58.0 Å². The van der Waals surface area contributed by atoms with E-state index in [1.165, 1.54) is 32.2 Å². The van der Waals surface area contributed by atoms with Crippen LogP contribution in [0.2, 0.25) is 0 Å². The Hall–Kier alpha value is -0.0800. The summed E-state index contributed by atoms with van der Waals surface area (Å²) in [5.74, 6) is 0. The smallest absolute Gasteiger partial charge is 0.0176 e. The lowest BCUT2D eigenvalue weighted by molar-refractivity contribution is 0.0651. The molecular weight excluding hydrogens is 160 g/mol. The molecule has 0 aromatic carbocycles. The van der Waals surface area contributed by atoms with Crippen molar-refractivity contribution in [3.8, 4) is 0 Å². The van der Waals surface area contributed by atoms with E-state index in [0.29, 0.717) is 11.6 Å². The molecule has 0 aromatic heterocycles. The van der Waals surface area contributed by atoms with Crippen molar-refractivity contribution in [1.82, 2.24) is 4.90 Å². The van der Waals surface area contributed by atoms with Gasteiger partial charge in [-0.1, -0.05) is 13.8 Å². The molecule has 78 valence electrons. The Kier molecular flexibility index (Phi) is 3.74. The van der Waals surface area contributed by atoms with Crippen LogP contribution in [0, 0.1) is 0 Å². The lowest BCUT2D eigenvalue weighted by Gasteiger charge is -2.44. The number of hydrogen-bond acceptors (Lipinski definition) is 2. The largest absolute Gasteiger partial charge is 0.327 e. The van der Waals surface area contributed by atoms with Crippen molar-refractivity contribution in [2.24, 2.45) is 5.73 Å². The van der Waals surface area contributed by atoms with Gasteiger partial charge in [-0.3, -0.25) is 4.90 Å². The van der Waals surface area contributed by atoms with Crippen molar-refractivity contribution in [2.75, 3.05) is 13.1 Å². The molecule has 0 bridgehead atoms. The number of piperidine rings is 1. The van der Waals surface area contributed by atoms with Crippen LogP contribution in [0.15, 0.2) is 0 Å². The molecule has 2 nitrogen and oxygen atoms in total. The third-order valence-corrected chi connectivity index (χ3v) is 3.74. The van der Waals surface area contributed by atoms with Gasteiger partial charge in [-0.25, -0.2) is 0 Å². The van der Waals surface area contributed by atoms with Crippen LogP contribution in [-0.4, -0.2) is 29.6 Å². The van der Waals surface area contributed by atoms with Gasteiger partial charge in [0.15, 0.2) is 0 Å². The van der Waals surface area contributed by atoms with Crippen molar-refractivity contribution in [1.29, 1.82) is 0 Å². The SMILES string of the molecule is CCC(C)(CC)N1CCCC(N)C1. The molecule has 1 aliphatic heterocycles. The van der Waals surface area contributed by atoms with Gasteiger partial charge in [0.1, 0.15) is 0 Å². The fourth-order valence-electron chi connectivity index (χ4n) is 2.20. The number of likely N-dealkylation sites (tertiary alicyclic amines) is 1. The van der Waals surface area contributed by atoms with E-state index in [1.807, 2.05) is 0 Å². The Bertz CT molecular complexity index is 152. The van der Waals surface area contributed by atoms with E-state index in [1.54, 1.807) is 0 Å². The van der Waals surface area contributed by atoms with Crippen LogP contribution in [0.4, 0.5) is 0 Å². The first-order chi connectivity index (χ1) is 6.12. The van der Waals surface area contributed by atoms with E-state index in [9.17, 15) is 0 Å². The first-order valence-electron chi connectivity index (χ1n) is 5.63. The minimum absolute atomic E-state index is 0.387. The second-order valence-electron chi connectivity index (χ2n) is 4.55. The quantitative estimate of drug-likeness (QED) is 0.727. The fourth-order valence-corrected chi connectivity index (χ4v) is 2.20. The summed E-state index contributed by atoms with van der Waals surface area (Å²) in [7, 11) is 0. The summed E-state index contributed by atoms with van der Waals surface area (Å²) in [6, 6.07) is 0.408. The molecule has 0 radical (unpaired) electrons. The minimum Gasteiger partial charge on any atom is -0.327 e. The van der Waals surface area contributed by atoms with Crippen LogP contribution in [0.3, 0.4) is 0 Å². The topological polar surface area (TPSA) is 29.3 Å². The molecule has 1 atom stereocenters. The zero-order valence-electron chi connectivity index (χ0n) is 9.34. The molecule has 0 amide bonds. The molecule has 1 fully saturated rings. The van der Waals surface area contributed by atoms with E-state index in [2.05, 4.69) is 25.7 Å². The summed E-state index contributed by atoms with van der Waals surface area (Å²) in [5, 5.41) is 0. The molecule has 0 spiro atoms. The molecule has 1 saturated heterocycles. The van der Waals surface area contributed by atoms with E-state index < -0.39 is 0 Å². The van der Waals surface area contributed by atoms with Gasteiger partial charge in [-0.05, 0) is 39.2 Å². The number of nitrogens with zero attached hydrogens (tertiary/aromatic N) is 1. The maximum absolute atomic E-state index is 5.99. The standard InChI is InChI=1S/C11H24N2/c1-4-11(3,5-2)13-8-6-7-10(12)9-13/h10H,4-9,12H2,1-3H3. The molecule has 1 aliphatic rings. The molecule has 2 N–H and O–H groups in total. The van der Waals surface area contributed by atoms with Crippen LogP contribution in [0.1, 0.15) is 46.5 Å². The Morgan fingerprint density at radius 3 is 2.46 bits per heavy atom. The van der Waals surface area contributed by atoms with Gasteiger partial charge in [0.25, 0.3) is 0 Å². The Morgan fingerprint density at radius 2 is 2.00 bits per heavy atom. The first-order valence-corrected chi connectivity index (χ1v) is 5.63. The van der Waals surface area contributed by atoms with Gasteiger partial charge >= 0.3 is 0 Å². The zero-order valence-corrected chi connectivity index (χ0v) is 9.34. The lowest BCUT2D eigenvalue weighted by atomic mass is 9.90. The maximum atomic E-state index is 5.99. The summed E-state index contributed by atoms with van der Waals surface area (Å²) in [4.78, 5) is 2.58. The number of rotatable bonds is 3. The molecule has 0 aliphatic carbocycles. The van der Waals surface area contributed by atoms with Crippen molar-refractivity contribution < 1.29 is 0 Å². The van der Waals surface area contributed by atoms with E-state index in [-0.39, 0.29) is 0 Å². The van der Waals surface area contributed by atoms with Crippen LogP contribution in [-0.2, 0) is 0 Å². The molecule has 0 saturated carbocycles. The molecule has 2 heteroatoms. The average molecular weight is 184 g/mol. The second kappa shape index (κ2) is 4.43. The maximum Gasteiger partial charge on any atom is 0.0176 e. The van der Waals surface area contributed by atoms with Crippen LogP contribution in [0.5, 0.6) is 0 Å². The third-order valence-electron chi connectivity index (χ3n) is 3.74. The number of hydrogen-bond donors (Lipinski definition) is 1. The van der Waals surface area contributed by atoms with Gasteiger partial charge in [0.2, 0.25) is 0 Å². The van der Waals surface area contributed by atoms with Crippen molar-refractivity contribution in [3.63, 3.8) is 0 Å². The predicted octanol–water partition coefficient (Wildman–Crippen LogP) is 1.99. The van der Waals surface area contributed by atoms with Gasteiger partial charge in [0, 0.05) is 18.1 Å². The lowest BCUT2D eigenvalue weighted by Crippen LogP contribution is -2.53. The van der Waals surface area contributed by atoms with Crippen LogP contribution in [0.25, 0.3) is 0 Å². The van der Waals surface area contributed by atoms with Crippen LogP contribution < -0.4 is 5.73 Å². The zero-order chi connectivity index (χ0) is 9.90. The molecule has 1 unspecified atom stereocenters. The van der Waals surface area contributed by atoms with Crippen molar-refractivity contribution >= 4 is 0 Å². The normalized spacial score (nSPS) is 26.3. The molecular formula is C11H24N2. The summed E-state index contributed by atoms with van der Waals surface area (Å²) in [5.41, 5.74) is 6.38. The monoisotopic (exact) mass is 184 g/mol. The Labute approximate surface area is 82.5 Å².